The third-order valence-electron chi connectivity index (χ3n) is 1.77. The Morgan fingerprint density at radius 2 is 1.23 bits per heavy atom. The summed E-state index contributed by atoms with van der Waals surface area (Å²) in [5.41, 5.74) is 0. The molecule has 0 unspecified atom stereocenters. The molecule has 2 nitrogen and oxygen atoms in total. The van der Waals surface area contributed by atoms with Crippen molar-refractivity contribution in [1.29, 1.82) is 0 Å². The number of methoxy groups -OCH3 is 1. The summed E-state index contributed by atoms with van der Waals surface area (Å²) in [4.78, 5) is 0. The Kier molecular flexibility index (Phi) is 20.2. The number of hydrogen-bond donors (Lipinski definition) is 1. The summed E-state index contributed by atoms with van der Waals surface area (Å²) in [5, 5.41) is 7.00. The fourth-order valence-corrected chi connectivity index (χ4v) is 1.20. The largest absolute Gasteiger partial charge is 0.505 e. The Labute approximate surface area is 82.6 Å². The van der Waals surface area contributed by atoms with Crippen molar-refractivity contribution >= 4 is 0 Å². The number of aliphatic hydroxyl groups excluding tert-OH is 1. The van der Waals surface area contributed by atoms with E-state index in [-0.39, 0.29) is 0 Å². The molecule has 0 heterocycles. The lowest BCUT2D eigenvalue weighted by Gasteiger charge is -2.05. The molecule has 13 heavy (non-hydrogen) atoms. The van der Waals surface area contributed by atoms with Crippen LogP contribution in [0.15, 0.2) is 12.3 Å². The van der Waals surface area contributed by atoms with E-state index in [4.69, 9.17) is 5.11 Å². The van der Waals surface area contributed by atoms with Crippen molar-refractivity contribution in [3.63, 3.8) is 0 Å². The molecule has 0 atom stereocenters. The molecule has 80 valence electrons. The molecular weight excluding hydrogens is 164 g/mol. The van der Waals surface area contributed by atoms with E-state index >= 15 is 0 Å². The van der Waals surface area contributed by atoms with Crippen molar-refractivity contribution < 1.29 is 9.84 Å². The van der Waals surface area contributed by atoms with Crippen LogP contribution in [0.5, 0.6) is 0 Å². The van der Waals surface area contributed by atoms with Crippen LogP contribution in [0.1, 0.15) is 45.4 Å². The second kappa shape index (κ2) is 17.5. The molecule has 1 aliphatic rings. The summed E-state index contributed by atoms with van der Waals surface area (Å²) in [6.07, 6.45) is 12.5. The number of rotatable bonds is 1. The van der Waals surface area contributed by atoms with Gasteiger partial charge in [0.15, 0.2) is 0 Å². The summed E-state index contributed by atoms with van der Waals surface area (Å²) in [6.45, 7) is 1.91. The number of hydrogen-bond acceptors (Lipinski definition) is 2. The van der Waals surface area contributed by atoms with Crippen LogP contribution in [0.25, 0.3) is 0 Å². The first-order valence-corrected chi connectivity index (χ1v) is 5.00. The van der Waals surface area contributed by atoms with Crippen molar-refractivity contribution in [2.24, 2.45) is 0 Å². The molecule has 1 saturated carbocycles. The van der Waals surface area contributed by atoms with E-state index in [0.717, 1.165) is 7.11 Å². The van der Waals surface area contributed by atoms with Crippen molar-refractivity contribution in [3.05, 3.63) is 12.3 Å². The SMILES string of the molecule is C1CCCCC1.CC=COC.CO. The first-order chi connectivity index (χ1) is 6.41. The summed E-state index contributed by atoms with van der Waals surface area (Å²) >= 11 is 0. The Hall–Kier alpha value is -0.500. The zero-order valence-corrected chi connectivity index (χ0v) is 9.25. The van der Waals surface area contributed by atoms with Crippen LogP contribution >= 0.6 is 0 Å². The fraction of sp³-hybridized carbons (Fsp3) is 0.818. The molecule has 0 radical (unpaired) electrons. The Bertz CT molecular complexity index is 74.6. The monoisotopic (exact) mass is 188 g/mol. The first kappa shape index (κ1) is 15.0. The molecule has 0 aromatic carbocycles. The van der Waals surface area contributed by atoms with Crippen LogP contribution in [0.2, 0.25) is 0 Å². The van der Waals surface area contributed by atoms with Crippen LogP contribution in [-0.2, 0) is 4.74 Å². The van der Waals surface area contributed by atoms with E-state index < -0.39 is 0 Å². The molecule has 0 amide bonds. The minimum Gasteiger partial charge on any atom is -0.505 e. The van der Waals surface area contributed by atoms with E-state index in [2.05, 4.69) is 4.74 Å². The third-order valence-corrected chi connectivity index (χ3v) is 1.77. The lowest BCUT2D eigenvalue weighted by Crippen LogP contribution is -1.85. The summed E-state index contributed by atoms with van der Waals surface area (Å²) in [7, 11) is 2.62. The van der Waals surface area contributed by atoms with Gasteiger partial charge in [-0.05, 0) is 6.92 Å². The zero-order chi connectivity index (χ0) is 10.4. The molecule has 0 saturated heterocycles. The lowest BCUT2D eigenvalue weighted by molar-refractivity contribution is 0.337. The predicted molar refractivity (Wildman–Crippen MR) is 57.7 cm³/mol. The molecule has 0 bridgehead atoms. The van der Waals surface area contributed by atoms with Crippen LogP contribution < -0.4 is 0 Å². The summed E-state index contributed by atoms with van der Waals surface area (Å²) in [6, 6.07) is 0. The third kappa shape index (κ3) is 18.5. The number of aliphatic hydroxyl groups is 1. The molecule has 1 aliphatic carbocycles. The van der Waals surface area contributed by atoms with E-state index in [1.165, 1.54) is 38.5 Å². The maximum Gasteiger partial charge on any atom is 0.0781 e. The Morgan fingerprint density at radius 3 is 1.31 bits per heavy atom. The summed E-state index contributed by atoms with van der Waals surface area (Å²) < 4.78 is 4.51. The quantitative estimate of drug-likeness (QED) is 0.641. The fourth-order valence-electron chi connectivity index (χ4n) is 1.20. The van der Waals surface area contributed by atoms with E-state index in [1.54, 1.807) is 13.4 Å². The predicted octanol–water partition coefficient (Wildman–Crippen LogP) is 3.12. The highest BCUT2D eigenvalue weighted by atomic mass is 16.5. The second-order valence-electron chi connectivity index (χ2n) is 2.83. The highest BCUT2D eigenvalue weighted by Gasteiger charge is 1.95. The van der Waals surface area contributed by atoms with Crippen LogP contribution in [-0.4, -0.2) is 19.3 Å². The molecule has 0 aromatic rings. The Balaban J connectivity index is 0. The van der Waals surface area contributed by atoms with Crippen molar-refractivity contribution in [2.75, 3.05) is 14.2 Å². The van der Waals surface area contributed by atoms with Gasteiger partial charge in [0, 0.05) is 7.11 Å². The van der Waals surface area contributed by atoms with Gasteiger partial charge in [0.25, 0.3) is 0 Å². The zero-order valence-electron chi connectivity index (χ0n) is 9.25. The molecule has 0 spiro atoms. The van der Waals surface area contributed by atoms with Gasteiger partial charge in [-0.25, -0.2) is 0 Å². The minimum atomic E-state index is 1.00. The molecule has 2 heteroatoms. The normalized spacial score (nSPS) is 15.1. The first-order valence-electron chi connectivity index (χ1n) is 5.00. The molecule has 1 rings (SSSR count). The molecule has 0 aromatic heterocycles. The van der Waals surface area contributed by atoms with Gasteiger partial charge in [0.1, 0.15) is 0 Å². The lowest BCUT2D eigenvalue weighted by atomic mass is 10.0. The van der Waals surface area contributed by atoms with Gasteiger partial charge >= 0.3 is 0 Å². The van der Waals surface area contributed by atoms with E-state index in [1.807, 2.05) is 13.0 Å². The van der Waals surface area contributed by atoms with Crippen LogP contribution in [0.3, 0.4) is 0 Å². The van der Waals surface area contributed by atoms with Gasteiger partial charge in [-0.3, -0.25) is 0 Å². The van der Waals surface area contributed by atoms with E-state index in [9.17, 15) is 0 Å². The van der Waals surface area contributed by atoms with Gasteiger partial charge < -0.3 is 9.84 Å². The maximum atomic E-state index is 7.00. The topological polar surface area (TPSA) is 29.5 Å². The standard InChI is InChI=1S/C6H12.C4H8O.CH4O/c1-2-4-6-5-3-1;1-3-4-5-2;1-2/h1-6H2;3-4H,1-2H3;2H,1H3. The van der Waals surface area contributed by atoms with Gasteiger partial charge in [-0.1, -0.05) is 44.6 Å². The van der Waals surface area contributed by atoms with Gasteiger partial charge in [0.2, 0.25) is 0 Å². The minimum absolute atomic E-state index is 1.00. The van der Waals surface area contributed by atoms with Crippen LogP contribution in [0, 0.1) is 0 Å². The smallest absolute Gasteiger partial charge is 0.0781 e. The van der Waals surface area contributed by atoms with Gasteiger partial charge in [-0.15, -0.1) is 0 Å². The second-order valence-corrected chi connectivity index (χ2v) is 2.83. The number of allylic oxidation sites excluding steroid dienone is 1. The average molecular weight is 188 g/mol. The van der Waals surface area contributed by atoms with Gasteiger partial charge in [-0.2, -0.15) is 0 Å². The molecule has 1 fully saturated rings. The van der Waals surface area contributed by atoms with Crippen molar-refractivity contribution in [2.45, 2.75) is 45.4 Å². The van der Waals surface area contributed by atoms with Gasteiger partial charge in [0.05, 0.1) is 13.4 Å². The average Bonchev–Trinajstić information content (AvgIpc) is 2.25. The Morgan fingerprint density at radius 1 is 0.923 bits per heavy atom. The maximum absolute atomic E-state index is 7.00. The highest BCUT2D eigenvalue weighted by molar-refractivity contribution is 4.63. The number of ether oxygens (including phenoxy) is 1. The van der Waals surface area contributed by atoms with E-state index in [0.29, 0.717) is 0 Å². The summed E-state index contributed by atoms with van der Waals surface area (Å²) in [5.74, 6) is 0. The highest BCUT2D eigenvalue weighted by Crippen LogP contribution is 2.15. The van der Waals surface area contributed by atoms with Crippen LogP contribution in [0.4, 0.5) is 0 Å². The molecule has 0 aliphatic heterocycles. The van der Waals surface area contributed by atoms with Crippen molar-refractivity contribution in [3.8, 4) is 0 Å². The molecular formula is C11H24O2. The van der Waals surface area contributed by atoms with Crippen molar-refractivity contribution in [1.82, 2.24) is 0 Å². The molecule has 1 N–H and O–H groups in total.